The first kappa shape index (κ1) is 27.1. The van der Waals surface area contributed by atoms with E-state index in [1.807, 2.05) is 0 Å². The summed E-state index contributed by atoms with van der Waals surface area (Å²) in [4.78, 5) is 12.0. The number of ether oxygens (including phenoxy) is 2. The average Bonchev–Trinajstić information content (AvgIpc) is 2.88. The number of carbonyl (C=O) groups is 1. The van der Waals surface area contributed by atoms with Crippen molar-refractivity contribution < 1.29 is 14.3 Å². The summed E-state index contributed by atoms with van der Waals surface area (Å²) in [6.07, 6.45) is 20.3. The zero-order valence-electron chi connectivity index (χ0n) is 22.3. The number of aryl methyl sites for hydroxylation is 1. The first-order valence-electron chi connectivity index (χ1n) is 14.4. The molecule has 192 valence electrons. The lowest BCUT2D eigenvalue weighted by Crippen LogP contribution is -2.40. The van der Waals surface area contributed by atoms with Crippen LogP contribution in [0, 0.1) is 11.8 Å². The summed E-state index contributed by atoms with van der Waals surface area (Å²) in [7, 11) is 1.43. The zero-order chi connectivity index (χ0) is 24.2. The summed E-state index contributed by atoms with van der Waals surface area (Å²) in [5.74, 6) is 2.39. The lowest BCUT2D eigenvalue weighted by atomic mass is 9.66. The molecule has 3 nitrogen and oxygen atoms in total. The largest absolute Gasteiger partial charge is 0.508 e. The lowest BCUT2D eigenvalue weighted by molar-refractivity contribution is -0.0674. The molecule has 2 aliphatic carbocycles. The van der Waals surface area contributed by atoms with E-state index in [1.54, 1.807) is 5.56 Å². The van der Waals surface area contributed by atoms with Crippen LogP contribution in [0.2, 0.25) is 0 Å². The summed E-state index contributed by atoms with van der Waals surface area (Å²) < 4.78 is 10.8. The van der Waals surface area contributed by atoms with E-state index in [0.29, 0.717) is 0 Å². The first-order valence-corrected chi connectivity index (χ1v) is 14.4. The van der Waals surface area contributed by atoms with E-state index in [9.17, 15) is 4.79 Å². The maximum Gasteiger partial charge on any atom is 0.508 e. The van der Waals surface area contributed by atoms with Crippen LogP contribution in [0.4, 0.5) is 4.79 Å². The normalized spacial score (nSPS) is 27.3. The molecular weight excluding hydrogens is 420 g/mol. The Morgan fingerprint density at radius 3 is 2.06 bits per heavy atom. The van der Waals surface area contributed by atoms with Crippen LogP contribution in [0.5, 0.6) is 0 Å². The molecule has 0 unspecified atom stereocenters. The molecule has 0 heterocycles. The van der Waals surface area contributed by atoms with E-state index < -0.39 is 6.16 Å². The van der Waals surface area contributed by atoms with Gasteiger partial charge in [0, 0.05) is 0 Å². The summed E-state index contributed by atoms with van der Waals surface area (Å²) in [5.41, 5.74) is 2.76. The molecule has 2 saturated carbocycles. The Kier molecular flexibility index (Phi) is 11.3. The van der Waals surface area contributed by atoms with Gasteiger partial charge < -0.3 is 9.47 Å². The van der Waals surface area contributed by atoms with Gasteiger partial charge in [-0.1, -0.05) is 70.2 Å². The van der Waals surface area contributed by atoms with Crippen LogP contribution in [0.25, 0.3) is 0 Å². The van der Waals surface area contributed by atoms with Gasteiger partial charge >= 0.3 is 6.16 Å². The zero-order valence-corrected chi connectivity index (χ0v) is 22.3. The molecule has 34 heavy (non-hydrogen) atoms. The van der Waals surface area contributed by atoms with E-state index >= 15 is 0 Å². The van der Waals surface area contributed by atoms with E-state index in [4.69, 9.17) is 9.47 Å². The average molecular weight is 471 g/mol. The number of hydrogen-bond donors (Lipinski definition) is 0. The molecule has 0 bridgehead atoms. The van der Waals surface area contributed by atoms with Crippen LogP contribution in [-0.2, 0) is 15.9 Å². The third-order valence-electron chi connectivity index (χ3n) is 8.85. The predicted octanol–water partition coefficient (Wildman–Crippen LogP) is 9.38. The van der Waals surface area contributed by atoms with Crippen LogP contribution in [0.15, 0.2) is 24.3 Å². The molecule has 0 aromatic heterocycles. The fourth-order valence-corrected chi connectivity index (χ4v) is 6.57. The fourth-order valence-electron chi connectivity index (χ4n) is 6.57. The molecule has 0 saturated heterocycles. The smallest absolute Gasteiger partial charge is 0.438 e. The third kappa shape index (κ3) is 8.02. The molecular formula is C31H50O3. The Morgan fingerprint density at radius 1 is 0.824 bits per heavy atom. The highest BCUT2D eigenvalue weighted by Crippen LogP contribution is 2.47. The quantitative estimate of drug-likeness (QED) is 0.225. The second-order valence-electron chi connectivity index (χ2n) is 11.2. The minimum atomic E-state index is -0.492. The van der Waals surface area contributed by atoms with Crippen molar-refractivity contribution in [2.24, 2.45) is 11.8 Å². The monoisotopic (exact) mass is 470 g/mol. The van der Waals surface area contributed by atoms with Gasteiger partial charge in [-0.2, -0.15) is 0 Å². The summed E-state index contributed by atoms with van der Waals surface area (Å²) in [6, 6.07) is 9.52. The van der Waals surface area contributed by atoms with Crippen LogP contribution in [-0.4, -0.2) is 18.9 Å². The maximum absolute atomic E-state index is 12.0. The Balaban J connectivity index is 1.46. The van der Waals surface area contributed by atoms with Crippen LogP contribution in [0.3, 0.4) is 0 Å². The highest BCUT2D eigenvalue weighted by atomic mass is 16.7. The Hall–Kier alpha value is -1.51. The van der Waals surface area contributed by atoms with Gasteiger partial charge in [0.05, 0.1) is 7.11 Å². The van der Waals surface area contributed by atoms with Crippen molar-refractivity contribution in [2.45, 2.75) is 135 Å². The Bertz CT molecular complexity index is 694. The molecule has 0 N–H and O–H groups in total. The molecule has 0 atom stereocenters. The summed E-state index contributed by atoms with van der Waals surface area (Å²) in [5, 5.41) is 0. The number of methoxy groups -OCH3 is 1. The van der Waals surface area contributed by atoms with Gasteiger partial charge in [-0.15, -0.1) is 0 Å². The topological polar surface area (TPSA) is 35.5 Å². The van der Waals surface area contributed by atoms with Gasteiger partial charge in [0.15, 0.2) is 0 Å². The molecule has 0 amide bonds. The van der Waals surface area contributed by atoms with Gasteiger partial charge in [0.25, 0.3) is 0 Å². The van der Waals surface area contributed by atoms with E-state index in [2.05, 4.69) is 38.1 Å². The van der Waals surface area contributed by atoms with Crippen molar-refractivity contribution in [2.75, 3.05) is 7.11 Å². The Morgan fingerprint density at radius 2 is 1.44 bits per heavy atom. The molecule has 0 spiro atoms. The van der Waals surface area contributed by atoms with E-state index in [0.717, 1.165) is 43.4 Å². The van der Waals surface area contributed by atoms with Gasteiger partial charge in [-0.25, -0.2) is 4.79 Å². The number of hydrogen-bond acceptors (Lipinski definition) is 3. The lowest BCUT2D eigenvalue weighted by Gasteiger charge is -2.43. The van der Waals surface area contributed by atoms with Gasteiger partial charge in [0.2, 0.25) is 0 Å². The van der Waals surface area contributed by atoms with Crippen molar-refractivity contribution in [1.29, 1.82) is 0 Å². The van der Waals surface area contributed by atoms with E-state index in [-0.39, 0.29) is 5.60 Å². The number of rotatable bonds is 12. The summed E-state index contributed by atoms with van der Waals surface area (Å²) in [6.45, 7) is 4.51. The number of carbonyl (C=O) groups excluding carboxylic acids is 1. The second kappa shape index (κ2) is 14.1. The standard InChI is InChI=1S/C31H50O3/c1-4-6-8-9-10-22-31(34-30(32)33-3)23-20-29(21-24-31)28-18-16-27(17-19-28)26-14-12-25(13-15-26)11-7-5-2/h12-15,27-29H,4-11,16-24H2,1-3H3. The van der Waals surface area contributed by atoms with Crippen molar-refractivity contribution in [1.82, 2.24) is 0 Å². The number of unbranched alkanes of at least 4 members (excludes halogenated alkanes) is 5. The predicted molar refractivity (Wildman–Crippen MR) is 141 cm³/mol. The molecule has 3 rings (SSSR count). The van der Waals surface area contributed by atoms with Crippen molar-refractivity contribution in [3.05, 3.63) is 35.4 Å². The minimum absolute atomic E-state index is 0.285. The fraction of sp³-hybridized carbons (Fsp3) is 0.774. The van der Waals surface area contributed by atoms with Crippen molar-refractivity contribution in [3.8, 4) is 0 Å². The third-order valence-corrected chi connectivity index (χ3v) is 8.85. The molecule has 2 fully saturated rings. The Labute approximate surface area is 209 Å². The number of benzene rings is 1. The molecule has 1 aromatic rings. The molecule has 3 heteroatoms. The molecule has 2 aliphatic rings. The van der Waals surface area contributed by atoms with Crippen molar-refractivity contribution >= 4 is 6.16 Å². The summed E-state index contributed by atoms with van der Waals surface area (Å²) >= 11 is 0. The highest BCUT2D eigenvalue weighted by molar-refractivity contribution is 5.60. The minimum Gasteiger partial charge on any atom is -0.438 e. The van der Waals surface area contributed by atoms with Gasteiger partial charge in [0.1, 0.15) is 5.60 Å². The molecule has 0 radical (unpaired) electrons. The van der Waals surface area contributed by atoms with Crippen LogP contribution >= 0.6 is 0 Å². The molecule has 1 aromatic carbocycles. The van der Waals surface area contributed by atoms with Crippen LogP contribution in [0.1, 0.15) is 134 Å². The second-order valence-corrected chi connectivity index (χ2v) is 11.2. The SMILES string of the molecule is CCCCCCCC1(OC(=O)OC)CCC(C2CCC(c3ccc(CCCC)cc3)CC2)CC1. The van der Waals surface area contributed by atoms with Crippen molar-refractivity contribution in [3.63, 3.8) is 0 Å². The maximum atomic E-state index is 12.0. The van der Waals surface area contributed by atoms with Gasteiger partial charge in [-0.3, -0.25) is 0 Å². The molecule has 0 aliphatic heterocycles. The van der Waals surface area contributed by atoms with E-state index in [1.165, 1.54) is 96.1 Å². The van der Waals surface area contributed by atoms with Gasteiger partial charge in [-0.05, 0) is 106 Å². The first-order chi connectivity index (χ1) is 16.6. The highest BCUT2D eigenvalue weighted by Gasteiger charge is 2.41. The van der Waals surface area contributed by atoms with Crippen LogP contribution < -0.4 is 0 Å².